The average molecular weight is 223 g/mol. The molecule has 0 fully saturated rings. The first-order valence-electron chi connectivity index (χ1n) is 4.46. The van der Waals surface area contributed by atoms with Crippen molar-refractivity contribution in [2.75, 3.05) is 19.4 Å². The zero-order valence-electron chi connectivity index (χ0n) is 8.65. The molecule has 0 aliphatic heterocycles. The number of carbonyl (C=O) groups is 1. The summed E-state index contributed by atoms with van der Waals surface area (Å²) in [4.78, 5) is 12.6. The van der Waals surface area contributed by atoms with Gasteiger partial charge in [0.1, 0.15) is 0 Å². The van der Waals surface area contributed by atoms with Crippen LogP contribution >= 0.6 is 12.2 Å². The minimum absolute atomic E-state index is 0.247. The third-order valence-electron chi connectivity index (χ3n) is 1.85. The van der Waals surface area contributed by atoms with Gasteiger partial charge in [-0.2, -0.15) is 0 Å². The van der Waals surface area contributed by atoms with E-state index in [1.165, 1.54) is 4.90 Å². The molecule has 80 valence electrons. The molecule has 0 unspecified atom stereocenters. The summed E-state index contributed by atoms with van der Waals surface area (Å²) < 4.78 is 0. The lowest BCUT2D eigenvalue weighted by atomic mass is 10.3. The third-order valence-corrected chi connectivity index (χ3v) is 2.22. The zero-order valence-corrected chi connectivity index (χ0v) is 9.47. The second-order valence-electron chi connectivity index (χ2n) is 2.91. The fourth-order valence-electron chi connectivity index (χ4n) is 0.989. The molecule has 1 aromatic rings. The molecule has 1 rings (SSSR count). The fourth-order valence-corrected chi connectivity index (χ4v) is 1.19. The summed E-state index contributed by atoms with van der Waals surface area (Å²) in [6, 6.07) is 9.21. The van der Waals surface area contributed by atoms with E-state index in [0.717, 1.165) is 5.69 Å². The Morgan fingerprint density at radius 3 is 2.47 bits per heavy atom. The quantitative estimate of drug-likeness (QED) is 0.712. The number of nitrogens with zero attached hydrogens (tertiary/aromatic N) is 1. The van der Waals surface area contributed by atoms with Gasteiger partial charge in [-0.05, 0) is 24.4 Å². The molecule has 0 bridgehead atoms. The maximum Gasteiger partial charge on any atom is 0.323 e. The zero-order chi connectivity index (χ0) is 11.3. The van der Waals surface area contributed by atoms with Crippen LogP contribution in [0.1, 0.15) is 0 Å². The van der Waals surface area contributed by atoms with Gasteiger partial charge in [-0.3, -0.25) is 4.90 Å². The molecule has 2 amide bonds. The number of rotatable bonds is 1. The van der Waals surface area contributed by atoms with Crippen LogP contribution in [0.15, 0.2) is 30.3 Å². The Labute approximate surface area is 94.3 Å². The van der Waals surface area contributed by atoms with Crippen LogP contribution < -0.4 is 10.6 Å². The summed E-state index contributed by atoms with van der Waals surface area (Å²) in [5.74, 6) is 0. The van der Waals surface area contributed by atoms with E-state index in [2.05, 4.69) is 10.6 Å². The lowest BCUT2D eigenvalue weighted by molar-refractivity contribution is 0.229. The Kier molecular flexibility index (Phi) is 4.05. The maximum absolute atomic E-state index is 11.2. The number of para-hydroxylation sites is 1. The number of carbonyl (C=O) groups excluding carboxylic acids is 1. The van der Waals surface area contributed by atoms with Crippen LogP contribution in [0.3, 0.4) is 0 Å². The molecule has 0 aliphatic rings. The normalized spacial score (nSPS) is 9.20. The first kappa shape index (κ1) is 11.5. The van der Waals surface area contributed by atoms with Crippen molar-refractivity contribution in [3.05, 3.63) is 30.3 Å². The minimum atomic E-state index is -0.247. The lowest BCUT2D eigenvalue weighted by Gasteiger charge is -2.18. The second-order valence-corrected chi connectivity index (χ2v) is 3.30. The van der Waals surface area contributed by atoms with Gasteiger partial charge in [-0.25, -0.2) is 4.79 Å². The first-order chi connectivity index (χ1) is 7.15. The molecule has 1 aromatic carbocycles. The van der Waals surface area contributed by atoms with Crippen LogP contribution in [0.2, 0.25) is 0 Å². The molecule has 0 aromatic heterocycles. The SMILES string of the molecule is CNC(=O)N(C)C(=S)Nc1ccccc1. The Hall–Kier alpha value is -1.62. The van der Waals surface area contributed by atoms with Crippen molar-refractivity contribution in [2.24, 2.45) is 0 Å². The fraction of sp³-hybridized carbons (Fsp3) is 0.200. The molecule has 5 heteroatoms. The van der Waals surface area contributed by atoms with E-state index in [0.29, 0.717) is 5.11 Å². The average Bonchev–Trinajstić information content (AvgIpc) is 2.28. The van der Waals surface area contributed by atoms with Crippen molar-refractivity contribution in [3.8, 4) is 0 Å². The van der Waals surface area contributed by atoms with E-state index in [-0.39, 0.29) is 6.03 Å². The number of anilines is 1. The smallest absolute Gasteiger partial charge is 0.323 e. The molecule has 0 radical (unpaired) electrons. The van der Waals surface area contributed by atoms with Gasteiger partial charge in [-0.15, -0.1) is 0 Å². The maximum atomic E-state index is 11.2. The number of thiocarbonyl (C=S) groups is 1. The lowest BCUT2D eigenvalue weighted by Crippen LogP contribution is -2.41. The van der Waals surface area contributed by atoms with E-state index in [4.69, 9.17) is 12.2 Å². The summed E-state index contributed by atoms with van der Waals surface area (Å²) >= 11 is 5.06. The Bertz CT molecular complexity index is 353. The summed E-state index contributed by atoms with van der Waals surface area (Å²) in [5.41, 5.74) is 0.859. The van der Waals surface area contributed by atoms with Crippen LogP contribution in [0.5, 0.6) is 0 Å². The second kappa shape index (κ2) is 5.31. The van der Waals surface area contributed by atoms with Crippen molar-refractivity contribution in [1.29, 1.82) is 0 Å². The van der Waals surface area contributed by atoms with E-state index in [1.54, 1.807) is 14.1 Å². The van der Waals surface area contributed by atoms with Gasteiger partial charge >= 0.3 is 6.03 Å². The highest BCUT2D eigenvalue weighted by molar-refractivity contribution is 7.80. The molecule has 2 N–H and O–H groups in total. The topological polar surface area (TPSA) is 44.4 Å². The van der Waals surface area contributed by atoms with E-state index >= 15 is 0 Å². The third kappa shape index (κ3) is 3.21. The van der Waals surface area contributed by atoms with E-state index in [9.17, 15) is 4.79 Å². The molecule has 15 heavy (non-hydrogen) atoms. The number of amides is 2. The number of nitrogens with one attached hydrogen (secondary N) is 2. The van der Waals surface area contributed by atoms with E-state index < -0.39 is 0 Å². The molecule has 0 aliphatic carbocycles. The molecule has 0 heterocycles. The van der Waals surface area contributed by atoms with E-state index in [1.807, 2.05) is 30.3 Å². The highest BCUT2D eigenvalue weighted by Crippen LogP contribution is 2.05. The Balaban J connectivity index is 2.60. The van der Waals surface area contributed by atoms with Crippen molar-refractivity contribution in [3.63, 3.8) is 0 Å². The molecule has 0 atom stereocenters. The van der Waals surface area contributed by atoms with Crippen molar-refractivity contribution >= 4 is 29.0 Å². The van der Waals surface area contributed by atoms with Gasteiger partial charge < -0.3 is 10.6 Å². The van der Waals surface area contributed by atoms with Crippen LogP contribution in [-0.4, -0.2) is 30.1 Å². The van der Waals surface area contributed by atoms with Crippen molar-refractivity contribution in [1.82, 2.24) is 10.2 Å². The van der Waals surface area contributed by atoms with Gasteiger partial charge in [0.05, 0.1) is 0 Å². The predicted molar refractivity (Wildman–Crippen MR) is 64.9 cm³/mol. The molecular formula is C10H13N3OS. The van der Waals surface area contributed by atoms with Crippen molar-refractivity contribution in [2.45, 2.75) is 0 Å². The van der Waals surface area contributed by atoms with Crippen LogP contribution in [-0.2, 0) is 0 Å². The molecule has 0 spiro atoms. The standard InChI is InChI=1S/C10H13N3OS/c1-11-9(14)13(2)10(15)12-8-6-4-3-5-7-8/h3-7H,1-2H3,(H,11,14)(H,12,15). The molecule has 4 nitrogen and oxygen atoms in total. The van der Waals surface area contributed by atoms with Gasteiger partial charge in [0, 0.05) is 19.8 Å². The summed E-state index contributed by atoms with van der Waals surface area (Å²) in [6.07, 6.45) is 0. The molecule has 0 saturated heterocycles. The van der Waals surface area contributed by atoms with Crippen LogP contribution in [0.25, 0.3) is 0 Å². The largest absolute Gasteiger partial charge is 0.341 e. The molecule has 0 saturated carbocycles. The Morgan fingerprint density at radius 1 is 1.33 bits per heavy atom. The molecular weight excluding hydrogens is 210 g/mol. The predicted octanol–water partition coefficient (Wildman–Crippen LogP) is 1.65. The summed E-state index contributed by atoms with van der Waals surface area (Å²) in [5, 5.41) is 5.81. The van der Waals surface area contributed by atoms with Gasteiger partial charge in [0.15, 0.2) is 5.11 Å². The summed E-state index contributed by atoms with van der Waals surface area (Å²) in [7, 11) is 3.17. The number of benzene rings is 1. The van der Waals surface area contributed by atoms with Gasteiger partial charge in [0.2, 0.25) is 0 Å². The minimum Gasteiger partial charge on any atom is -0.341 e. The van der Waals surface area contributed by atoms with Crippen molar-refractivity contribution < 1.29 is 4.79 Å². The van der Waals surface area contributed by atoms with Gasteiger partial charge in [0.25, 0.3) is 0 Å². The Morgan fingerprint density at radius 2 is 1.93 bits per heavy atom. The number of hydrogen-bond donors (Lipinski definition) is 2. The summed E-state index contributed by atoms with van der Waals surface area (Å²) in [6.45, 7) is 0. The highest BCUT2D eigenvalue weighted by atomic mass is 32.1. The number of hydrogen-bond acceptors (Lipinski definition) is 2. The monoisotopic (exact) mass is 223 g/mol. The first-order valence-corrected chi connectivity index (χ1v) is 4.87. The van der Waals surface area contributed by atoms with Crippen LogP contribution in [0.4, 0.5) is 10.5 Å². The number of urea groups is 1. The highest BCUT2D eigenvalue weighted by Gasteiger charge is 2.10. The van der Waals surface area contributed by atoms with Gasteiger partial charge in [-0.1, -0.05) is 18.2 Å². The van der Waals surface area contributed by atoms with Crippen LogP contribution in [0, 0.1) is 0 Å².